The van der Waals surface area contributed by atoms with Crippen LogP contribution in [0.5, 0.6) is 5.75 Å². The van der Waals surface area contributed by atoms with Crippen LogP contribution in [0.25, 0.3) is 0 Å². The van der Waals surface area contributed by atoms with Crippen molar-refractivity contribution in [2.45, 2.75) is 25.6 Å². The summed E-state index contributed by atoms with van der Waals surface area (Å²) in [6, 6.07) is 18.2. The number of hydrogen-bond donors (Lipinski definition) is 0. The number of nitrogens with zero attached hydrogens (tertiary/aromatic N) is 3. The summed E-state index contributed by atoms with van der Waals surface area (Å²) >= 11 is 0. The molecule has 0 N–H and O–H groups in total. The number of fused-ring (bicyclic) bond motifs is 3. The SMILES string of the molecule is Cc1ccc(C2=NN3[C@@H](C2)c2ccccc2O[C@H]3c2ccc([N+](=O)[O-])cc2)o1. The van der Waals surface area contributed by atoms with Crippen LogP contribution in [-0.4, -0.2) is 15.6 Å². The highest BCUT2D eigenvalue weighted by molar-refractivity contribution is 5.99. The molecule has 2 aromatic carbocycles. The van der Waals surface area contributed by atoms with Crippen LogP contribution in [-0.2, 0) is 0 Å². The second-order valence-corrected chi connectivity index (χ2v) is 6.91. The fourth-order valence-corrected chi connectivity index (χ4v) is 3.75. The van der Waals surface area contributed by atoms with E-state index in [1.807, 2.05) is 48.3 Å². The van der Waals surface area contributed by atoms with Gasteiger partial charge in [-0.2, -0.15) is 5.10 Å². The average molecular weight is 375 g/mol. The zero-order valence-electron chi connectivity index (χ0n) is 15.1. The third-order valence-electron chi connectivity index (χ3n) is 5.11. The van der Waals surface area contributed by atoms with Gasteiger partial charge in [0.1, 0.15) is 23.0 Å². The number of non-ortho nitro benzene ring substituents is 1. The van der Waals surface area contributed by atoms with Crippen LogP contribution in [0.4, 0.5) is 5.69 Å². The standard InChI is InChI=1S/C21H17N3O4/c1-13-6-11-20(27-13)17-12-18-16-4-2-3-5-19(16)28-21(23(18)22-17)14-7-9-15(10-8-14)24(25)26/h2-11,18,21H,12H2,1H3/t18-,21-/m0/s1. The number of ether oxygens (including phenoxy) is 1. The van der Waals surface area contributed by atoms with Gasteiger partial charge in [0.05, 0.1) is 11.0 Å². The molecule has 0 unspecified atom stereocenters. The van der Waals surface area contributed by atoms with E-state index in [0.717, 1.165) is 34.1 Å². The number of para-hydroxylation sites is 1. The van der Waals surface area contributed by atoms with Crippen LogP contribution >= 0.6 is 0 Å². The fraction of sp³-hybridized carbons (Fsp3) is 0.190. The molecule has 28 heavy (non-hydrogen) atoms. The van der Waals surface area contributed by atoms with E-state index in [9.17, 15) is 10.1 Å². The lowest BCUT2D eigenvalue weighted by molar-refractivity contribution is -0.384. The number of hydrogen-bond acceptors (Lipinski definition) is 6. The van der Waals surface area contributed by atoms with Crippen molar-refractivity contribution in [3.05, 3.63) is 93.4 Å². The first-order valence-corrected chi connectivity index (χ1v) is 9.03. The molecule has 2 aliphatic rings. The molecule has 2 atom stereocenters. The second kappa shape index (κ2) is 6.23. The van der Waals surface area contributed by atoms with Crippen LogP contribution in [0.3, 0.4) is 0 Å². The Morgan fingerprint density at radius 1 is 1.11 bits per heavy atom. The summed E-state index contributed by atoms with van der Waals surface area (Å²) in [6.07, 6.45) is 0.242. The third-order valence-corrected chi connectivity index (χ3v) is 5.11. The fourth-order valence-electron chi connectivity index (χ4n) is 3.75. The number of rotatable bonds is 3. The second-order valence-electron chi connectivity index (χ2n) is 6.91. The largest absolute Gasteiger partial charge is 0.464 e. The Hall–Kier alpha value is -3.61. The van der Waals surface area contributed by atoms with Crippen molar-refractivity contribution in [3.63, 3.8) is 0 Å². The molecule has 0 saturated heterocycles. The van der Waals surface area contributed by atoms with E-state index >= 15 is 0 Å². The van der Waals surface area contributed by atoms with E-state index < -0.39 is 11.2 Å². The van der Waals surface area contributed by atoms with Crippen molar-refractivity contribution in [2.24, 2.45) is 5.10 Å². The summed E-state index contributed by atoms with van der Waals surface area (Å²) in [4.78, 5) is 10.6. The first-order chi connectivity index (χ1) is 13.6. The van der Waals surface area contributed by atoms with Crippen molar-refractivity contribution in [1.82, 2.24) is 5.01 Å². The summed E-state index contributed by atoms with van der Waals surface area (Å²) in [6.45, 7) is 1.91. The van der Waals surface area contributed by atoms with Crippen molar-refractivity contribution in [3.8, 4) is 5.75 Å². The molecular formula is C21H17N3O4. The zero-order valence-corrected chi connectivity index (χ0v) is 15.1. The van der Waals surface area contributed by atoms with Gasteiger partial charge in [-0.15, -0.1) is 0 Å². The molecular weight excluding hydrogens is 358 g/mol. The minimum absolute atomic E-state index is 0.0190. The molecule has 0 aliphatic carbocycles. The zero-order chi connectivity index (χ0) is 19.3. The maximum Gasteiger partial charge on any atom is 0.269 e. The molecule has 7 nitrogen and oxygen atoms in total. The normalized spacial score (nSPS) is 20.2. The topological polar surface area (TPSA) is 81.1 Å². The van der Waals surface area contributed by atoms with Crippen molar-refractivity contribution >= 4 is 11.4 Å². The molecule has 0 fully saturated rings. The Kier molecular flexibility index (Phi) is 3.68. The van der Waals surface area contributed by atoms with Gasteiger partial charge < -0.3 is 9.15 Å². The molecule has 0 spiro atoms. The monoisotopic (exact) mass is 375 g/mol. The van der Waals surface area contributed by atoms with Gasteiger partial charge in [0.2, 0.25) is 6.23 Å². The summed E-state index contributed by atoms with van der Waals surface area (Å²) in [7, 11) is 0. The quantitative estimate of drug-likeness (QED) is 0.488. The third kappa shape index (κ3) is 2.63. The molecule has 140 valence electrons. The molecule has 0 saturated carbocycles. The van der Waals surface area contributed by atoms with E-state index in [0.29, 0.717) is 6.42 Å². The van der Waals surface area contributed by atoms with E-state index in [-0.39, 0.29) is 11.7 Å². The van der Waals surface area contributed by atoms with Gasteiger partial charge in [-0.1, -0.05) is 18.2 Å². The Morgan fingerprint density at radius 2 is 1.89 bits per heavy atom. The van der Waals surface area contributed by atoms with Gasteiger partial charge in [0.25, 0.3) is 5.69 Å². The van der Waals surface area contributed by atoms with Crippen molar-refractivity contribution in [2.75, 3.05) is 0 Å². The van der Waals surface area contributed by atoms with Gasteiger partial charge in [-0.3, -0.25) is 10.1 Å². The summed E-state index contributed by atoms with van der Waals surface area (Å²) in [5, 5.41) is 17.7. The van der Waals surface area contributed by atoms with E-state index in [1.165, 1.54) is 12.1 Å². The Balaban J connectivity index is 1.57. The number of benzene rings is 2. The van der Waals surface area contributed by atoms with Crippen LogP contribution < -0.4 is 4.74 Å². The number of aryl methyl sites for hydroxylation is 1. The smallest absolute Gasteiger partial charge is 0.269 e. The lowest BCUT2D eigenvalue weighted by Crippen LogP contribution is -2.33. The lowest BCUT2D eigenvalue weighted by atomic mass is 9.97. The molecule has 0 bridgehead atoms. The average Bonchev–Trinajstić information content (AvgIpc) is 3.34. The van der Waals surface area contributed by atoms with Gasteiger partial charge in [-0.05, 0) is 37.3 Å². The Morgan fingerprint density at radius 3 is 2.61 bits per heavy atom. The van der Waals surface area contributed by atoms with Crippen LogP contribution in [0, 0.1) is 17.0 Å². The van der Waals surface area contributed by atoms with E-state index in [4.69, 9.17) is 14.3 Å². The predicted octanol–water partition coefficient (Wildman–Crippen LogP) is 4.74. The van der Waals surface area contributed by atoms with Crippen molar-refractivity contribution < 1.29 is 14.1 Å². The molecule has 5 rings (SSSR count). The predicted molar refractivity (Wildman–Crippen MR) is 102 cm³/mol. The summed E-state index contributed by atoms with van der Waals surface area (Å²) in [5.74, 6) is 2.40. The van der Waals surface area contributed by atoms with E-state index in [2.05, 4.69) is 0 Å². The molecule has 1 aromatic heterocycles. The van der Waals surface area contributed by atoms with Gasteiger partial charge in [0.15, 0.2) is 0 Å². The number of nitro benzene ring substituents is 1. The van der Waals surface area contributed by atoms with Gasteiger partial charge >= 0.3 is 0 Å². The maximum absolute atomic E-state index is 11.0. The molecule has 7 heteroatoms. The number of furan rings is 1. The molecule has 3 heterocycles. The Labute approximate surface area is 161 Å². The molecule has 2 aliphatic heterocycles. The van der Waals surface area contributed by atoms with E-state index in [1.54, 1.807) is 12.1 Å². The maximum atomic E-state index is 11.0. The highest BCUT2D eigenvalue weighted by atomic mass is 16.6. The molecule has 0 radical (unpaired) electrons. The van der Waals surface area contributed by atoms with Crippen LogP contribution in [0.1, 0.15) is 41.3 Å². The number of hydrazone groups is 1. The van der Waals surface area contributed by atoms with Crippen LogP contribution in [0.2, 0.25) is 0 Å². The van der Waals surface area contributed by atoms with Crippen molar-refractivity contribution in [1.29, 1.82) is 0 Å². The first kappa shape index (κ1) is 16.6. The first-order valence-electron chi connectivity index (χ1n) is 9.03. The van der Waals surface area contributed by atoms with Gasteiger partial charge in [0, 0.05) is 29.7 Å². The summed E-state index contributed by atoms with van der Waals surface area (Å²) in [5.41, 5.74) is 2.80. The summed E-state index contributed by atoms with van der Waals surface area (Å²) < 4.78 is 12.0. The highest BCUT2D eigenvalue weighted by Crippen LogP contribution is 2.47. The Bertz CT molecular complexity index is 1090. The minimum atomic E-state index is -0.464. The molecule has 0 amide bonds. The van der Waals surface area contributed by atoms with Crippen LogP contribution in [0.15, 0.2) is 70.2 Å². The highest BCUT2D eigenvalue weighted by Gasteiger charge is 2.41. The van der Waals surface area contributed by atoms with Gasteiger partial charge in [-0.25, -0.2) is 5.01 Å². The lowest BCUT2D eigenvalue weighted by Gasteiger charge is -2.38. The number of nitro groups is 1. The minimum Gasteiger partial charge on any atom is -0.464 e. The molecule has 3 aromatic rings.